The van der Waals surface area contributed by atoms with Crippen molar-refractivity contribution in [2.45, 2.75) is 68.6 Å². The Bertz CT molecular complexity index is 1170. The highest BCUT2D eigenvalue weighted by atomic mass is 32.2. The summed E-state index contributed by atoms with van der Waals surface area (Å²) in [5, 5.41) is 3.07. The molecule has 1 N–H and O–H groups in total. The molecule has 0 spiro atoms. The van der Waals surface area contributed by atoms with Gasteiger partial charge in [0.1, 0.15) is 0 Å². The van der Waals surface area contributed by atoms with E-state index >= 15 is 0 Å². The van der Waals surface area contributed by atoms with Crippen molar-refractivity contribution in [2.75, 3.05) is 18.4 Å². The Morgan fingerprint density at radius 1 is 0.914 bits per heavy atom. The molecule has 1 amide bonds. The number of anilines is 1. The van der Waals surface area contributed by atoms with Crippen LogP contribution in [-0.4, -0.2) is 31.7 Å². The summed E-state index contributed by atoms with van der Waals surface area (Å²) in [5.74, 6) is 2.30. The zero-order valence-corrected chi connectivity index (χ0v) is 21.4. The number of amides is 1. The van der Waals surface area contributed by atoms with Gasteiger partial charge in [-0.25, -0.2) is 8.42 Å². The maximum atomic E-state index is 13.1. The second-order valence-corrected chi connectivity index (χ2v) is 13.7. The third kappa shape index (κ3) is 4.33. The van der Waals surface area contributed by atoms with Crippen molar-refractivity contribution in [3.63, 3.8) is 0 Å². The van der Waals surface area contributed by atoms with Crippen LogP contribution in [0.15, 0.2) is 53.4 Å². The van der Waals surface area contributed by atoms with Gasteiger partial charge in [-0.05, 0) is 111 Å². The van der Waals surface area contributed by atoms with Crippen LogP contribution >= 0.6 is 0 Å². The van der Waals surface area contributed by atoms with Crippen molar-refractivity contribution in [3.05, 3.63) is 59.7 Å². The third-order valence-electron chi connectivity index (χ3n) is 9.22. The molecule has 2 aromatic carbocycles. The summed E-state index contributed by atoms with van der Waals surface area (Å²) in [4.78, 5) is 13.4. The summed E-state index contributed by atoms with van der Waals surface area (Å²) < 4.78 is 27.7. The molecule has 1 heterocycles. The molecular formula is C29H36N2O3S. The Morgan fingerprint density at radius 2 is 1.51 bits per heavy atom. The van der Waals surface area contributed by atoms with Crippen molar-refractivity contribution in [1.29, 1.82) is 0 Å². The van der Waals surface area contributed by atoms with Crippen molar-refractivity contribution in [2.24, 2.45) is 23.7 Å². The van der Waals surface area contributed by atoms with E-state index in [1.54, 1.807) is 12.1 Å². The average molecular weight is 493 g/mol. The topological polar surface area (TPSA) is 66.5 Å². The van der Waals surface area contributed by atoms with Crippen molar-refractivity contribution in [1.82, 2.24) is 4.31 Å². The molecular weight excluding hydrogens is 456 g/mol. The number of benzene rings is 2. The Hall–Kier alpha value is -2.18. The molecule has 2 aromatic rings. The molecule has 1 aliphatic heterocycles. The molecule has 5 aliphatic rings. The SMILES string of the molecule is Cc1ccc(S(=O)(=O)N2CCC[C@@H](C(=O)Nc3ccc(C45CC6CC(CC(C6)C4)C5)cc3)C2)cc1. The Labute approximate surface area is 209 Å². The van der Waals surface area contributed by atoms with Gasteiger partial charge in [0.25, 0.3) is 0 Å². The van der Waals surface area contributed by atoms with Gasteiger partial charge in [0.15, 0.2) is 0 Å². The Balaban J connectivity index is 1.12. The van der Waals surface area contributed by atoms with E-state index in [-0.39, 0.29) is 18.4 Å². The maximum absolute atomic E-state index is 13.1. The molecule has 1 atom stereocenters. The molecule has 35 heavy (non-hydrogen) atoms. The number of hydrogen-bond donors (Lipinski definition) is 1. The van der Waals surface area contributed by atoms with Crippen LogP contribution in [0.25, 0.3) is 0 Å². The molecule has 0 aromatic heterocycles. The molecule has 0 unspecified atom stereocenters. The highest BCUT2D eigenvalue weighted by Gasteiger charge is 2.51. The molecule has 1 saturated heterocycles. The quantitative estimate of drug-likeness (QED) is 0.599. The number of piperidine rings is 1. The molecule has 4 aliphatic carbocycles. The molecule has 0 radical (unpaired) electrons. The van der Waals surface area contributed by atoms with Gasteiger partial charge in [-0.3, -0.25) is 4.79 Å². The van der Waals surface area contributed by atoms with Gasteiger partial charge in [0.05, 0.1) is 10.8 Å². The highest BCUT2D eigenvalue weighted by molar-refractivity contribution is 7.89. The summed E-state index contributed by atoms with van der Waals surface area (Å²) in [7, 11) is -3.59. The van der Waals surface area contributed by atoms with Crippen LogP contribution in [0.3, 0.4) is 0 Å². The predicted molar refractivity (Wildman–Crippen MR) is 138 cm³/mol. The van der Waals surface area contributed by atoms with E-state index in [2.05, 4.69) is 29.6 Å². The molecule has 6 heteroatoms. The second-order valence-electron chi connectivity index (χ2n) is 11.8. The molecule has 7 rings (SSSR count). The summed E-state index contributed by atoms with van der Waals surface area (Å²) in [6.07, 6.45) is 9.70. The lowest BCUT2D eigenvalue weighted by molar-refractivity contribution is -0.120. The van der Waals surface area contributed by atoms with Gasteiger partial charge in [-0.2, -0.15) is 4.31 Å². The lowest BCUT2D eigenvalue weighted by Crippen LogP contribution is -2.48. The van der Waals surface area contributed by atoms with Crippen LogP contribution < -0.4 is 5.32 Å². The van der Waals surface area contributed by atoms with Crippen LogP contribution in [-0.2, 0) is 20.2 Å². The van der Waals surface area contributed by atoms with Crippen LogP contribution in [0.2, 0.25) is 0 Å². The van der Waals surface area contributed by atoms with Gasteiger partial charge in [0, 0.05) is 18.8 Å². The van der Waals surface area contributed by atoms with Gasteiger partial charge in [-0.15, -0.1) is 0 Å². The molecule has 5 fully saturated rings. The molecule has 4 bridgehead atoms. The van der Waals surface area contributed by atoms with Crippen molar-refractivity contribution < 1.29 is 13.2 Å². The number of carbonyl (C=O) groups is 1. The number of rotatable bonds is 5. The van der Waals surface area contributed by atoms with Crippen molar-refractivity contribution in [3.8, 4) is 0 Å². The number of aryl methyl sites for hydroxylation is 1. The zero-order valence-electron chi connectivity index (χ0n) is 20.6. The standard InChI is InChI=1S/C29H36N2O3S/c1-20-4-10-27(11-5-20)35(33,34)31-12-2-3-24(19-31)28(32)30-26-8-6-25(7-9-26)29-16-21-13-22(17-29)15-23(14-21)18-29/h4-11,21-24H,2-3,12-19H2,1H3,(H,30,32)/t21?,22?,23?,24-,29?/m1/s1. The van der Waals surface area contributed by atoms with E-state index in [0.717, 1.165) is 29.0 Å². The number of nitrogens with one attached hydrogen (secondary N) is 1. The maximum Gasteiger partial charge on any atom is 0.243 e. The number of hydrogen-bond acceptors (Lipinski definition) is 3. The van der Waals surface area contributed by atoms with E-state index in [0.29, 0.717) is 29.7 Å². The molecule has 4 saturated carbocycles. The average Bonchev–Trinajstić information content (AvgIpc) is 2.84. The summed E-state index contributed by atoms with van der Waals surface area (Å²) in [6, 6.07) is 15.5. The van der Waals surface area contributed by atoms with Gasteiger partial charge >= 0.3 is 0 Å². The minimum atomic E-state index is -3.59. The fourth-order valence-electron chi connectivity index (χ4n) is 7.85. The minimum absolute atomic E-state index is 0.0867. The normalized spacial score (nSPS) is 32.5. The first kappa shape index (κ1) is 23.2. The van der Waals surface area contributed by atoms with Crippen molar-refractivity contribution >= 4 is 21.6 Å². The first-order chi connectivity index (χ1) is 16.8. The van der Waals surface area contributed by atoms with E-state index in [4.69, 9.17) is 0 Å². The van der Waals surface area contributed by atoms with E-state index in [9.17, 15) is 13.2 Å². The molecule has 186 valence electrons. The highest BCUT2D eigenvalue weighted by Crippen LogP contribution is 2.60. The third-order valence-corrected chi connectivity index (χ3v) is 11.1. The van der Waals surface area contributed by atoms with E-state index in [1.165, 1.54) is 48.4 Å². The Kier molecular flexibility index (Phi) is 5.80. The van der Waals surface area contributed by atoms with E-state index < -0.39 is 10.0 Å². The number of carbonyl (C=O) groups excluding carboxylic acids is 1. The lowest BCUT2D eigenvalue weighted by atomic mass is 9.48. The van der Waals surface area contributed by atoms with Gasteiger partial charge in [0.2, 0.25) is 15.9 Å². The predicted octanol–water partition coefficient (Wildman–Crippen LogP) is 5.50. The summed E-state index contributed by atoms with van der Waals surface area (Å²) in [6.45, 7) is 2.63. The summed E-state index contributed by atoms with van der Waals surface area (Å²) in [5.41, 5.74) is 3.63. The fourth-order valence-corrected chi connectivity index (χ4v) is 9.37. The molecule has 5 nitrogen and oxygen atoms in total. The number of sulfonamides is 1. The number of nitrogens with zero attached hydrogens (tertiary/aromatic N) is 1. The van der Waals surface area contributed by atoms with Gasteiger partial charge in [-0.1, -0.05) is 29.8 Å². The largest absolute Gasteiger partial charge is 0.326 e. The summed E-state index contributed by atoms with van der Waals surface area (Å²) >= 11 is 0. The fraction of sp³-hybridized carbons (Fsp3) is 0.552. The zero-order chi connectivity index (χ0) is 24.2. The van der Waals surface area contributed by atoms with E-state index in [1.807, 2.05) is 19.1 Å². The first-order valence-corrected chi connectivity index (χ1v) is 14.7. The van der Waals surface area contributed by atoms with Crippen LogP contribution in [0.1, 0.15) is 62.5 Å². The van der Waals surface area contributed by atoms with Crippen LogP contribution in [0.5, 0.6) is 0 Å². The minimum Gasteiger partial charge on any atom is -0.326 e. The monoisotopic (exact) mass is 492 g/mol. The lowest BCUT2D eigenvalue weighted by Gasteiger charge is -2.57. The smallest absolute Gasteiger partial charge is 0.243 e. The second kappa shape index (κ2) is 8.74. The first-order valence-electron chi connectivity index (χ1n) is 13.3. The van der Waals surface area contributed by atoms with Crippen LogP contribution in [0, 0.1) is 30.6 Å². The van der Waals surface area contributed by atoms with Gasteiger partial charge < -0.3 is 5.32 Å². The van der Waals surface area contributed by atoms with Crippen LogP contribution in [0.4, 0.5) is 5.69 Å². The Morgan fingerprint density at radius 3 is 2.11 bits per heavy atom.